The molecule has 0 radical (unpaired) electrons. The second-order valence-corrected chi connectivity index (χ2v) is 11.0. The van der Waals surface area contributed by atoms with E-state index in [0.29, 0.717) is 36.6 Å². The highest BCUT2D eigenvalue weighted by Gasteiger charge is 2.22. The van der Waals surface area contributed by atoms with E-state index in [0.717, 1.165) is 11.1 Å². The van der Waals surface area contributed by atoms with Crippen molar-refractivity contribution >= 4 is 21.4 Å². The number of nitrogens with zero attached hydrogens (tertiary/aromatic N) is 1. The average molecular weight is 522 g/mol. The highest BCUT2D eigenvalue weighted by atomic mass is 35.5. The smallest absolute Gasteiger partial charge is 0.206 e. The van der Waals surface area contributed by atoms with E-state index in [-0.39, 0.29) is 15.5 Å². The third-order valence-electron chi connectivity index (χ3n) is 6.00. The predicted molar refractivity (Wildman–Crippen MR) is 142 cm³/mol. The first-order chi connectivity index (χ1) is 17.3. The molecule has 0 unspecified atom stereocenters. The summed E-state index contributed by atoms with van der Waals surface area (Å²) in [4.78, 5) is 2.37. The van der Waals surface area contributed by atoms with Crippen LogP contribution in [0.2, 0.25) is 5.02 Å². The van der Waals surface area contributed by atoms with Crippen molar-refractivity contribution in [3.8, 4) is 5.75 Å². The highest BCUT2D eigenvalue weighted by Crippen LogP contribution is 2.27. The van der Waals surface area contributed by atoms with Crippen LogP contribution >= 0.6 is 11.6 Å². The lowest BCUT2D eigenvalue weighted by atomic mass is 10.1. The maximum Gasteiger partial charge on any atom is 0.206 e. The molecule has 0 spiro atoms. The number of hydrogen-bond donors (Lipinski definition) is 2. The normalized spacial score (nSPS) is 12.5. The van der Waals surface area contributed by atoms with Crippen LogP contribution in [0.25, 0.3) is 0 Å². The van der Waals surface area contributed by atoms with E-state index in [4.69, 9.17) is 11.6 Å². The van der Waals surface area contributed by atoms with Crippen molar-refractivity contribution in [3.63, 3.8) is 0 Å². The Kier molecular flexibility index (Phi) is 8.44. The van der Waals surface area contributed by atoms with Crippen LogP contribution in [0.15, 0.2) is 113 Å². The zero-order valence-corrected chi connectivity index (χ0v) is 21.2. The molecular weight excluding hydrogens is 494 g/mol. The van der Waals surface area contributed by atoms with E-state index in [1.54, 1.807) is 24.3 Å². The van der Waals surface area contributed by atoms with E-state index in [2.05, 4.69) is 4.90 Å². The summed E-state index contributed by atoms with van der Waals surface area (Å²) in [7, 11) is -3.81. The molecule has 0 saturated carbocycles. The number of benzene rings is 4. The number of rotatable bonds is 10. The van der Waals surface area contributed by atoms with E-state index in [1.165, 1.54) is 24.3 Å². The van der Waals surface area contributed by atoms with Gasteiger partial charge in [0.05, 0.1) is 15.9 Å². The second-order valence-electron chi connectivity index (χ2n) is 8.65. The number of phenolic OH excluding ortho intramolecular Hbond substituents is 1. The summed E-state index contributed by atoms with van der Waals surface area (Å²) in [6, 6.07) is 29.7. The SMILES string of the molecule is O=S(=O)(c1cccc(O)c1)c1ccccc1CCN(Cc1ccccc1)C[C@@H](O)c1cccc(Cl)c1. The molecule has 0 fully saturated rings. The fourth-order valence-corrected chi connectivity index (χ4v) is 5.93. The molecule has 4 aromatic rings. The largest absolute Gasteiger partial charge is 0.508 e. The maximum absolute atomic E-state index is 13.4. The summed E-state index contributed by atoms with van der Waals surface area (Å²) in [6.07, 6.45) is -0.290. The molecule has 36 heavy (non-hydrogen) atoms. The molecule has 0 aliphatic carbocycles. The van der Waals surface area contributed by atoms with Gasteiger partial charge in [0.2, 0.25) is 9.84 Å². The van der Waals surface area contributed by atoms with E-state index in [1.807, 2.05) is 54.6 Å². The van der Waals surface area contributed by atoms with Gasteiger partial charge in [-0.1, -0.05) is 78.3 Å². The van der Waals surface area contributed by atoms with Gasteiger partial charge in [0.25, 0.3) is 0 Å². The molecule has 4 aromatic carbocycles. The summed E-state index contributed by atoms with van der Waals surface area (Å²) in [5.41, 5.74) is 2.50. The standard InChI is InChI=1S/C29H28ClNO4S/c30-25-12-6-11-24(18-25)28(33)21-31(20-22-8-2-1-3-9-22)17-16-23-10-4-5-15-29(23)36(34,35)27-14-7-13-26(32)19-27/h1-15,18-19,28,32-33H,16-17,20-21H2/t28-/m1/s1. The van der Waals surface area contributed by atoms with Gasteiger partial charge in [0.1, 0.15) is 5.75 Å². The fraction of sp³-hybridized carbons (Fsp3) is 0.172. The Hall–Kier alpha value is -3.16. The maximum atomic E-state index is 13.4. The van der Waals surface area contributed by atoms with Crippen LogP contribution < -0.4 is 0 Å². The van der Waals surface area contributed by atoms with E-state index >= 15 is 0 Å². The molecule has 0 heterocycles. The van der Waals surface area contributed by atoms with Crippen LogP contribution in [-0.4, -0.2) is 36.6 Å². The minimum absolute atomic E-state index is 0.0486. The minimum Gasteiger partial charge on any atom is -0.508 e. The quantitative estimate of drug-likeness (QED) is 0.282. The van der Waals surface area contributed by atoms with Crippen molar-refractivity contribution < 1.29 is 18.6 Å². The number of aliphatic hydroxyl groups excluding tert-OH is 1. The minimum atomic E-state index is -3.81. The summed E-state index contributed by atoms with van der Waals surface area (Å²) in [5, 5.41) is 21.3. The van der Waals surface area contributed by atoms with Gasteiger partial charge in [-0.3, -0.25) is 4.90 Å². The van der Waals surface area contributed by atoms with Gasteiger partial charge >= 0.3 is 0 Å². The van der Waals surface area contributed by atoms with Crippen LogP contribution in [0.1, 0.15) is 22.8 Å². The van der Waals surface area contributed by atoms with Crippen LogP contribution in [0.5, 0.6) is 5.75 Å². The lowest BCUT2D eigenvalue weighted by Crippen LogP contribution is -2.30. The van der Waals surface area contributed by atoms with Gasteiger partial charge in [-0.25, -0.2) is 8.42 Å². The molecule has 7 heteroatoms. The first-order valence-electron chi connectivity index (χ1n) is 11.6. The van der Waals surface area contributed by atoms with Crippen LogP contribution in [0, 0.1) is 0 Å². The second kappa shape index (κ2) is 11.7. The summed E-state index contributed by atoms with van der Waals surface area (Å²) < 4.78 is 26.7. The Morgan fingerprint density at radius 1 is 0.833 bits per heavy atom. The van der Waals surface area contributed by atoms with Crippen LogP contribution in [0.3, 0.4) is 0 Å². The molecule has 0 aromatic heterocycles. The number of aromatic hydroxyl groups is 1. The lowest BCUT2D eigenvalue weighted by Gasteiger charge is -2.26. The molecule has 2 N–H and O–H groups in total. The third-order valence-corrected chi connectivity index (χ3v) is 8.09. The lowest BCUT2D eigenvalue weighted by molar-refractivity contribution is 0.109. The van der Waals surface area contributed by atoms with Crippen LogP contribution in [-0.2, 0) is 22.8 Å². The first-order valence-corrected chi connectivity index (χ1v) is 13.5. The van der Waals surface area contributed by atoms with Crippen molar-refractivity contribution in [1.29, 1.82) is 0 Å². The van der Waals surface area contributed by atoms with Gasteiger partial charge in [0.15, 0.2) is 0 Å². The van der Waals surface area contributed by atoms with Gasteiger partial charge in [-0.15, -0.1) is 0 Å². The molecule has 5 nitrogen and oxygen atoms in total. The van der Waals surface area contributed by atoms with Gasteiger partial charge in [-0.05, 0) is 59.5 Å². The van der Waals surface area contributed by atoms with Gasteiger partial charge in [0, 0.05) is 24.7 Å². The Morgan fingerprint density at radius 2 is 1.56 bits per heavy atom. The summed E-state index contributed by atoms with van der Waals surface area (Å²) in [5.74, 6) is -0.0994. The molecule has 1 atom stereocenters. The van der Waals surface area contributed by atoms with Crippen LogP contribution in [0.4, 0.5) is 0 Å². The van der Waals surface area contributed by atoms with Crippen molar-refractivity contribution in [2.45, 2.75) is 28.9 Å². The Balaban J connectivity index is 1.57. The average Bonchev–Trinajstić information content (AvgIpc) is 2.88. The Bertz CT molecular complexity index is 1410. The molecule has 0 saturated heterocycles. The predicted octanol–water partition coefficient (Wildman–Crippen LogP) is 5.66. The number of halogens is 1. The molecule has 0 aliphatic heterocycles. The van der Waals surface area contributed by atoms with Crippen molar-refractivity contribution in [3.05, 3.63) is 125 Å². The zero-order valence-electron chi connectivity index (χ0n) is 19.7. The Morgan fingerprint density at radius 3 is 2.31 bits per heavy atom. The number of sulfone groups is 1. The fourth-order valence-electron chi connectivity index (χ4n) is 4.17. The summed E-state index contributed by atoms with van der Waals surface area (Å²) >= 11 is 6.12. The number of phenols is 1. The van der Waals surface area contributed by atoms with E-state index < -0.39 is 15.9 Å². The third kappa shape index (κ3) is 6.53. The number of hydrogen-bond acceptors (Lipinski definition) is 5. The summed E-state index contributed by atoms with van der Waals surface area (Å²) in [6.45, 7) is 1.48. The Labute approximate surface area is 217 Å². The first kappa shape index (κ1) is 25.9. The zero-order chi connectivity index (χ0) is 25.5. The van der Waals surface area contributed by atoms with Gasteiger partial charge < -0.3 is 10.2 Å². The molecule has 0 aliphatic rings. The van der Waals surface area contributed by atoms with E-state index in [9.17, 15) is 18.6 Å². The number of aliphatic hydroxyl groups is 1. The molecular formula is C29H28ClNO4S. The van der Waals surface area contributed by atoms with Crippen molar-refractivity contribution in [2.75, 3.05) is 13.1 Å². The molecule has 0 bridgehead atoms. The van der Waals surface area contributed by atoms with Crippen molar-refractivity contribution in [1.82, 2.24) is 4.90 Å². The topological polar surface area (TPSA) is 77.8 Å². The van der Waals surface area contributed by atoms with Gasteiger partial charge in [-0.2, -0.15) is 0 Å². The molecule has 0 amide bonds. The monoisotopic (exact) mass is 521 g/mol. The highest BCUT2D eigenvalue weighted by molar-refractivity contribution is 7.91. The molecule has 4 rings (SSSR count). The molecule has 186 valence electrons. The van der Waals surface area contributed by atoms with Crippen molar-refractivity contribution in [2.24, 2.45) is 0 Å².